The average molecular weight is 517 g/mol. The molecule has 7 nitrogen and oxygen atoms in total. The van der Waals surface area contributed by atoms with Gasteiger partial charge in [-0.2, -0.15) is 0 Å². The minimum Gasteiger partial charge on any atom is -0.344 e. The molecule has 0 radical (unpaired) electrons. The van der Waals surface area contributed by atoms with E-state index >= 15 is 0 Å². The van der Waals surface area contributed by atoms with Gasteiger partial charge in [-0.3, -0.25) is 19.3 Å². The zero-order chi connectivity index (χ0) is 26.6. The Hall–Kier alpha value is -3.78. The molecule has 0 fully saturated rings. The summed E-state index contributed by atoms with van der Waals surface area (Å²) in [5.74, 6) is -1.06. The maximum atomic E-state index is 13.5. The number of amides is 3. The van der Waals surface area contributed by atoms with Crippen LogP contribution in [-0.4, -0.2) is 34.3 Å². The van der Waals surface area contributed by atoms with E-state index in [9.17, 15) is 14.4 Å². The molecule has 8 heteroatoms. The summed E-state index contributed by atoms with van der Waals surface area (Å²) in [5.41, 5.74) is 5.68. The number of nitrogens with one attached hydrogen (secondary N) is 2. The Bertz CT molecular complexity index is 1310. The molecule has 0 saturated carbocycles. The van der Waals surface area contributed by atoms with Crippen LogP contribution in [0.15, 0.2) is 71.9 Å². The summed E-state index contributed by atoms with van der Waals surface area (Å²) >= 11 is 1.59. The van der Waals surface area contributed by atoms with E-state index in [0.717, 1.165) is 27.3 Å². The van der Waals surface area contributed by atoms with E-state index in [2.05, 4.69) is 15.6 Å². The minimum atomic E-state index is -0.458. The van der Waals surface area contributed by atoms with Crippen molar-refractivity contribution in [3.05, 3.63) is 88.7 Å². The van der Waals surface area contributed by atoms with Crippen LogP contribution in [0.3, 0.4) is 0 Å². The fourth-order valence-corrected chi connectivity index (χ4v) is 5.05. The quantitative estimate of drug-likeness (QED) is 0.474. The first-order chi connectivity index (χ1) is 17.6. The van der Waals surface area contributed by atoms with Gasteiger partial charge in [-0.05, 0) is 35.4 Å². The van der Waals surface area contributed by atoms with Crippen LogP contribution in [0.4, 0.5) is 0 Å². The molecular weight excluding hydrogens is 484 g/mol. The second-order valence-corrected chi connectivity index (χ2v) is 11.2. The largest absolute Gasteiger partial charge is 0.344 e. The van der Waals surface area contributed by atoms with Crippen molar-refractivity contribution < 1.29 is 14.4 Å². The molecule has 3 amide bonds. The molecule has 0 saturated heterocycles. The monoisotopic (exact) mass is 516 g/mol. The molecule has 1 aliphatic rings. The number of aryl methyl sites for hydroxylation is 1. The number of carbonyl (C=O) groups excluding carboxylic acids is 3. The van der Waals surface area contributed by atoms with Gasteiger partial charge in [0.25, 0.3) is 5.91 Å². The third kappa shape index (κ3) is 6.71. The fourth-order valence-electron chi connectivity index (χ4n) is 4.23. The molecule has 2 heterocycles. The normalized spacial score (nSPS) is 14.5. The zero-order valence-electron chi connectivity index (χ0n) is 21.6. The van der Waals surface area contributed by atoms with Crippen LogP contribution in [0.25, 0.3) is 10.4 Å². The van der Waals surface area contributed by atoms with E-state index in [0.29, 0.717) is 6.42 Å². The topological polar surface area (TPSA) is 91.4 Å². The lowest BCUT2D eigenvalue weighted by atomic mass is 9.91. The van der Waals surface area contributed by atoms with E-state index in [-0.39, 0.29) is 36.2 Å². The number of nitrogens with zero attached hydrogens (tertiary/aromatic N) is 2. The number of carbonyl (C=O) groups is 3. The summed E-state index contributed by atoms with van der Waals surface area (Å²) in [6, 6.07) is 17.6. The van der Waals surface area contributed by atoms with E-state index in [1.807, 2.05) is 87.8 Å². The molecule has 0 spiro atoms. The summed E-state index contributed by atoms with van der Waals surface area (Å²) in [4.78, 5) is 45.5. The molecule has 4 rings (SSSR count). The van der Waals surface area contributed by atoms with Gasteiger partial charge in [0, 0.05) is 12.5 Å². The third-order valence-electron chi connectivity index (χ3n) is 6.09. The number of aromatic nitrogens is 1. The Balaban J connectivity index is 1.61. The highest BCUT2D eigenvalue weighted by atomic mass is 32.1. The van der Waals surface area contributed by atoms with Gasteiger partial charge in [-0.25, -0.2) is 4.98 Å². The maximum Gasteiger partial charge on any atom is 0.268 e. The van der Waals surface area contributed by atoms with Crippen molar-refractivity contribution >= 4 is 29.1 Å². The molecule has 1 atom stereocenters. The van der Waals surface area contributed by atoms with Gasteiger partial charge in [0.15, 0.2) is 0 Å². The Morgan fingerprint density at radius 1 is 1.11 bits per heavy atom. The van der Waals surface area contributed by atoms with Gasteiger partial charge in [-0.1, -0.05) is 75.4 Å². The molecule has 192 valence electrons. The molecule has 2 N–H and O–H groups in total. The van der Waals surface area contributed by atoms with Crippen molar-refractivity contribution in [2.45, 2.75) is 46.6 Å². The second-order valence-electron chi connectivity index (χ2n) is 10.4. The first-order valence-corrected chi connectivity index (χ1v) is 13.1. The van der Waals surface area contributed by atoms with Crippen LogP contribution in [0.2, 0.25) is 0 Å². The predicted molar refractivity (Wildman–Crippen MR) is 145 cm³/mol. The molecule has 1 aromatic heterocycles. The van der Waals surface area contributed by atoms with Crippen LogP contribution >= 0.6 is 11.3 Å². The third-order valence-corrected chi connectivity index (χ3v) is 7.07. The zero-order valence-corrected chi connectivity index (χ0v) is 22.4. The summed E-state index contributed by atoms with van der Waals surface area (Å²) in [6.45, 7) is 7.84. The highest BCUT2D eigenvalue weighted by Crippen LogP contribution is 2.29. The number of hydrogen-bond acceptors (Lipinski definition) is 5. The van der Waals surface area contributed by atoms with Crippen molar-refractivity contribution in [1.29, 1.82) is 0 Å². The predicted octanol–water partition coefficient (Wildman–Crippen LogP) is 4.75. The van der Waals surface area contributed by atoms with E-state index in [1.54, 1.807) is 11.3 Å². The van der Waals surface area contributed by atoms with Crippen molar-refractivity contribution in [3.8, 4) is 10.4 Å². The van der Waals surface area contributed by atoms with E-state index < -0.39 is 11.8 Å². The summed E-state index contributed by atoms with van der Waals surface area (Å²) < 4.78 is 0. The van der Waals surface area contributed by atoms with Gasteiger partial charge < -0.3 is 10.6 Å². The molecule has 37 heavy (non-hydrogen) atoms. The van der Waals surface area contributed by atoms with E-state index in [4.69, 9.17) is 0 Å². The lowest BCUT2D eigenvalue weighted by molar-refractivity contribution is -0.136. The smallest absolute Gasteiger partial charge is 0.268 e. The maximum absolute atomic E-state index is 13.5. The van der Waals surface area contributed by atoms with Crippen LogP contribution in [0.5, 0.6) is 0 Å². The van der Waals surface area contributed by atoms with Gasteiger partial charge in [0.05, 0.1) is 28.8 Å². The molecule has 3 aromatic rings. The summed E-state index contributed by atoms with van der Waals surface area (Å²) in [5, 5.41) is 5.73. The Morgan fingerprint density at radius 2 is 1.81 bits per heavy atom. The number of rotatable bonds is 7. The molecule has 2 aromatic carbocycles. The van der Waals surface area contributed by atoms with Gasteiger partial charge >= 0.3 is 0 Å². The number of hydrogen-bond donors (Lipinski definition) is 2. The van der Waals surface area contributed by atoms with Crippen molar-refractivity contribution in [2.75, 3.05) is 6.67 Å². The first-order valence-electron chi connectivity index (χ1n) is 12.3. The Morgan fingerprint density at radius 3 is 2.43 bits per heavy atom. The Labute approximate surface area is 221 Å². The Kier molecular flexibility index (Phi) is 7.88. The highest BCUT2D eigenvalue weighted by Gasteiger charge is 2.31. The van der Waals surface area contributed by atoms with E-state index in [1.165, 1.54) is 11.0 Å². The van der Waals surface area contributed by atoms with Crippen LogP contribution in [-0.2, 0) is 20.8 Å². The SMILES string of the molecule is Cc1ncsc1-c1ccc(C(Cc2ccccc2)NC(=O)C2=CC(=O)NCN2C(=O)CC(C)(C)C)cc1. The van der Waals surface area contributed by atoms with Crippen molar-refractivity contribution in [1.82, 2.24) is 20.5 Å². The number of thiazole rings is 1. The van der Waals surface area contributed by atoms with Gasteiger partial charge in [-0.15, -0.1) is 11.3 Å². The van der Waals surface area contributed by atoms with Gasteiger partial charge in [0.2, 0.25) is 11.8 Å². The molecule has 1 aliphatic heterocycles. The molecule has 0 aliphatic carbocycles. The first kappa shape index (κ1) is 26.3. The molecular formula is C29H32N4O3S. The summed E-state index contributed by atoms with van der Waals surface area (Å²) in [6.07, 6.45) is 2.01. The van der Waals surface area contributed by atoms with Crippen molar-refractivity contribution in [2.24, 2.45) is 5.41 Å². The second kappa shape index (κ2) is 11.1. The standard InChI is InChI=1S/C29H32N4O3S/c1-19-27(37-18-31-19)22-12-10-21(11-13-22)23(14-20-8-6-5-7-9-20)32-28(36)24-15-25(34)30-17-33(24)26(35)16-29(2,3)4/h5-13,15,18,23H,14,16-17H2,1-4H3,(H,30,34)(H,32,36). The average Bonchev–Trinajstić information content (AvgIpc) is 3.29. The van der Waals surface area contributed by atoms with Crippen LogP contribution in [0, 0.1) is 12.3 Å². The molecule has 1 unspecified atom stereocenters. The molecule has 0 bridgehead atoms. The minimum absolute atomic E-state index is 0.0285. The van der Waals surface area contributed by atoms with Crippen LogP contribution in [0.1, 0.15) is 50.1 Å². The fraction of sp³-hybridized carbons (Fsp3) is 0.310. The lowest BCUT2D eigenvalue weighted by Gasteiger charge is -2.31. The van der Waals surface area contributed by atoms with Gasteiger partial charge in [0.1, 0.15) is 5.70 Å². The summed E-state index contributed by atoms with van der Waals surface area (Å²) in [7, 11) is 0. The number of benzene rings is 2. The van der Waals surface area contributed by atoms with Crippen molar-refractivity contribution in [3.63, 3.8) is 0 Å². The lowest BCUT2D eigenvalue weighted by Crippen LogP contribution is -2.49. The van der Waals surface area contributed by atoms with Crippen LogP contribution < -0.4 is 10.6 Å². The highest BCUT2D eigenvalue weighted by molar-refractivity contribution is 7.13.